The number of carbonyl (C=O) groups excluding carboxylic acids is 3. The molecule has 0 fully saturated rings. The lowest BCUT2D eigenvalue weighted by atomic mass is 10.1. The van der Waals surface area contributed by atoms with Crippen molar-refractivity contribution in [1.82, 2.24) is 0 Å². The van der Waals surface area contributed by atoms with Crippen LogP contribution in [0.25, 0.3) is 0 Å². The van der Waals surface area contributed by atoms with Gasteiger partial charge in [-0.25, -0.2) is 4.79 Å². The standard InChI is InChI=1S/C19H20N2O4/c1-4-17(22)20-15-6-5-7-16(12(15)2)21-18(23)13-8-10-14(11-9-13)19(24)25-3/h5-11H,4H2,1-3H3,(H,20,22)(H,21,23). The smallest absolute Gasteiger partial charge is 0.337 e. The van der Waals surface area contributed by atoms with Crippen LogP contribution in [-0.2, 0) is 9.53 Å². The number of nitrogens with one attached hydrogen (secondary N) is 2. The van der Waals surface area contributed by atoms with Gasteiger partial charge in [0.2, 0.25) is 5.91 Å². The second-order valence-electron chi connectivity index (χ2n) is 5.40. The molecule has 6 heteroatoms. The molecule has 0 heterocycles. The number of hydrogen-bond acceptors (Lipinski definition) is 4. The topological polar surface area (TPSA) is 84.5 Å². The summed E-state index contributed by atoms with van der Waals surface area (Å²) in [4.78, 5) is 35.4. The van der Waals surface area contributed by atoms with Gasteiger partial charge >= 0.3 is 5.97 Å². The summed E-state index contributed by atoms with van der Waals surface area (Å²) in [5, 5.41) is 5.61. The average Bonchev–Trinajstić information content (AvgIpc) is 2.64. The van der Waals surface area contributed by atoms with E-state index < -0.39 is 5.97 Å². The zero-order chi connectivity index (χ0) is 18.4. The van der Waals surface area contributed by atoms with E-state index >= 15 is 0 Å². The molecule has 0 spiro atoms. The second-order valence-corrected chi connectivity index (χ2v) is 5.40. The first kappa shape index (κ1) is 18.2. The predicted molar refractivity (Wildman–Crippen MR) is 95.8 cm³/mol. The Hall–Kier alpha value is -3.15. The summed E-state index contributed by atoms with van der Waals surface area (Å²) < 4.78 is 4.63. The fourth-order valence-corrected chi connectivity index (χ4v) is 2.22. The number of rotatable bonds is 5. The maximum absolute atomic E-state index is 12.4. The van der Waals surface area contributed by atoms with E-state index in [4.69, 9.17) is 0 Å². The van der Waals surface area contributed by atoms with Crippen molar-refractivity contribution in [2.45, 2.75) is 20.3 Å². The fourth-order valence-electron chi connectivity index (χ4n) is 2.22. The number of esters is 1. The molecule has 25 heavy (non-hydrogen) atoms. The number of carbonyl (C=O) groups is 3. The van der Waals surface area contributed by atoms with E-state index in [2.05, 4.69) is 15.4 Å². The number of benzene rings is 2. The van der Waals surface area contributed by atoms with Crippen molar-refractivity contribution in [3.8, 4) is 0 Å². The minimum Gasteiger partial charge on any atom is -0.465 e. The lowest BCUT2D eigenvalue weighted by Gasteiger charge is -2.13. The molecule has 0 atom stereocenters. The van der Waals surface area contributed by atoms with Crippen LogP contribution in [-0.4, -0.2) is 24.9 Å². The lowest BCUT2D eigenvalue weighted by molar-refractivity contribution is -0.115. The summed E-state index contributed by atoms with van der Waals surface area (Å²) in [6, 6.07) is 11.5. The molecule has 2 N–H and O–H groups in total. The Kier molecular flexibility index (Phi) is 5.89. The number of anilines is 2. The maximum atomic E-state index is 12.4. The molecule has 2 aromatic carbocycles. The first-order valence-electron chi connectivity index (χ1n) is 7.85. The van der Waals surface area contributed by atoms with Crippen LogP contribution in [0.1, 0.15) is 39.6 Å². The van der Waals surface area contributed by atoms with Gasteiger partial charge in [-0.05, 0) is 48.9 Å². The number of ether oxygens (including phenoxy) is 1. The molecule has 0 aromatic heterocycles. The Balaban J connectivity index is 2.16. The summed E-state index contributed by atoms with van der Waals surface area (Å²) >= 11 is 0. The summed E-state index contributed by atoms with van der Waals surface area (Å²) in [5.74, 6) is -0.856. The third-order valence-electron chi connectivity index (χ3n) is 3.75. The maximum Gasteiger partial charge on any atom is 0.337 e. The van der Waals surface area contributed by atoms with Crippen molar-refractivity contribution in [3.05, 3.63) is 59.2 Å². The largest absolute Gasteiger partial charge is 0.465 e. The molecule has 0 saturated carbocycles. The van der Waals surface area contributed by atoms with E-state index in [1.54, 1.807) is 37.3 Å². The highest BCUT2D eigenvalue weighted by Gasteiger charge is 2.12. The van der Waals surface area contributed by atoms with Gasteiger partial charge in [-0.2, -0.15) is 0 Å². The van der Waals surface area contributed by atoms with E-state index in [9.17, 15) is 14.4 Å². The normalized spacial score (nSPS) is 10.0. The summed E-state index contributed by atoms with van der Waals surface area (Å²) in [5.41, 5.74) is 2.82. The van der Waals surface area contributed by atoms with Gasteiger partial charge in [0.25, 0.3) is 5.91 Å². The Morgan fingerprint density at radius 1 is 0.920 bits per heavy atom. The Bertz CT molecular complexity index is 798. The van der Waals surface area contributed by atoms with E-state index in [1.807, 2.05) is 6.92 Å². The van der Waals surface area contributed by atoms with Crippen LogP contribution in [0.5, 0.6) is 0 Å². The van der Waals surface area contributed by atoms with Crippen molar-refractivity contribution < 1.29 is 19.1 Å². The molecule has 0 aliphatic rings. The van der Waals surface area contributed by atoms with Gasteiger partial charge in [-0.3, -0.25) is 9.59 Å². The van der Waals surface area contributed by atoms with Crippen molar-refractivity contribution in [2.24, 2.45) is 0 Å². The Morgan fingerprint density at radius 3 is 2.04 bits per heavy atom. The van der Waals surface area contributed by atoms with E-state index in [0.717, 1.165) is 5.56 Å². The minimum atomic E-state index is -0.456. The van der Waals surface area contributed by atoms with Gasteiger partial charge < -0.3 is 15.4 Å². The van der Waals surface area contributed by atoms with Gasteiger partial charge in [0.15, 0.2) is 0 Å². The average molecular weight is 340 g/mol. The van der Waals surface area contributed by atoms with E-state index in [1.165, 1.54) is 19.2 Å². The highest BCUT2D eigenvalue weighted by Crippen LogP contribution is 2.24. The predicted octanol–water partition coefficient (Wildman–Crippen LogP) is 3.38. The Labute approximate surface area is 146 Å². The van der Waals surface area contributed by atoms with Crippen LogP contribution in [0.2, 0.25) is 0 Å². The molecule has 0 unspecified atom stereocenters. The molecule has 2 amide bonds. The van der Waals surface area contributed by atoms with Crippen LogP contribution in [0, 0.1) is 6.92 Å². The number of amides is 2. The molecule has 2 aromatic rings. The lowest BCUT2D eigenvalue weighted by Crippen LogP contribution is -2.15. The summed E-state index contributed by atoms with van der Waals surface area (Å²) in [7, 11) is 1.30. The van der Waals surface area contributed by atoms with Crippen LogP contribution in [0.3, 0.4) is 0 Å². The molecule has 0 aliphatic carbocycles. The van der Waals surface area contributed by atoms with Crippen molar-refractivity contribution >= 4 is 29.2 Å². The van der Waals surface area contributed by atoms with Crippen molar-refractivity contribution in [2.75, 3.05) is 17.7 Å². The third-order valence-corrected chi connectivity index (χ3v) is 3.75. The Morgan fingerprint density at radius 2 is 1.48 bits per heavy atom. The zero-order valence-electron chi connectivity index (χ0n) is 14.4. The molecule has 0 saturated heterocycles. The van der Waals surface area contributed by atoms with Gasteiger partial charge in [-0.1, -0.05) is 13.0 Å². The number of hydrogen-bond donors (Lipinski definition) is 2. The highest BCUT2D eigenvalue weighted by atomic mass is 16.5. The quantitative estimate of drug-likeness (QED) is 0.817. The SMILES string of the molecule is CCC(=O)Nc1cccc(NC(=O)c2ccc(C(=O)OC)cc2)c1C. The van der Waals surface area contributed by atoms with Crippen LogP contribution >= 0.6 is 0 Å². The molecule has 2 rings (SSSR count). The number of methoxy groups -OCH3 is 1. The first-order valence-corrected chi connectivity index (χ1v) is 7.85. The molecule has 0 bridgehead atoms. The first-order chi connectivity index (χ1) is 12.0. The highest BCUT2D eigenvalue weighted by molar-refractivity contribution is 6.06. The monoisotopic (exact) mass is 340 g/mol. The molecule has 0 radical (unpaired) electrons. The van der Waals surface area contributed by atoms with E-state index in [0.29, 0.717) is 28.9 Å². The summed E-state index contributed by atoms with van der Waals surface area (Å²) in [6.07, 6.45) is 0.378. The van der Waals surface area contributed by atoms with Crippen molar-refractivity contribution in [1.29, 1.82) is 0 Å². The van der Waals surface area contributed by atoms with Gasteiger partial charge in [0.1, 0.15) is 0 Å². The molecule has 0 aliphatic heterocycles. The fraction of sp³-hybridized carbons (Fsp3) is 0.211. The van der Waals surface area contributed by atoms with Gasteiger partial charge in [-0.15, -0.1) is 0 Å². The molecule has 6 nitrogen and oxygen atoms in total. The van der Waals surface area contributed by atoms with E-state index in [-0.39, 0.29) is 11.8 Å². The molecular weight excluding hydrogens is 320 g/mol. The van der Waals surface area contributed by atoms with Crippen LogP contribution in [0.15, 0.2) is 42.5 Å². The third kappa shape index (κ3) is 4.44. The summed E-state index contributed by atoms with van der Waals surface area (Å²) in [6.45, 7) is 3.59. The second kappa shape index (κ2) is 8.10. The van der Waals surface area contributed by atoms with Crippen LogP contribution < -0.4 is 10.6 Å². The minimum absolute atomic E-state index is 0.0926. The molecular formula is C19H20N2O4. The molecule has 130 valence electrons. The van der Waals surface area contributed by atoms with Gasteiger partial charge in [0.05, 0.1) is 12.7 Å². The van der Waals surface area contributed by atoms with Crippen LogP contribution in [0.4, 0.5) is 11.4 Å². The van der Waals surface area contributed by atoms with Crippen molar-refractivity contribution in [3.63, 3.8) is 0 Å². The zero-order valence-corrected chi connectivity index (χ0v) is 14.4. The van der Waals surface area contributed by atoms with Gasteiger partial charge in [0, 0.05) is 23.4 Å².